The molecule has 0 spiro atoms. The van der Waals surface area contributed by atoms with Gasteiger partial charge < -0.3 is 14.8 Å². The molecule has 0 saturated heterocycles. The first-order valence-corrected chi connectivity index (χ1v) is 11.5. The number of nitrogens with one attached hydrogen (secondary N) is 2. The van der Waals surface area contributed by atoms with Gasteiger partial charge in [-0.2, -0.15) is 5.10 Å². The number of halogens is 2. The molecule has 0 radical (unpaired) electrons. The fourth-order valence-electron chi connectivity index (χ4n) is 2.75. The smallest absolute Gasteiger partial charge is 0.344 e. The van der Waals surface area contributed by atoms with Gasteiger partial charge in [0, 0.05) is 8.95 Å². The molecule has 2 N–H and O–H groups in total. The van der Waals surface area contributed by atoms with Crippen molar-refractivity contribution in [3.05, 3.63) is 92.4 Å². The Morgan fingerprint density at radius 2 is 1.56 bits per heavy atom. The molecule has 3 rings (SSSR count). The molecule has 0 saturated carbocycles. The summed E-state index contributed by atoms with van der Waals surface area (Å²) in [4.78, 5) is 36.6. The molecule has 0 aromatic heterocycles. The van der Waals surface area contributed by atoms with Crippen molar-refractivity contribution in [1.82, 2.24) is 10.7 Å². The van der Waals surface area contributed by atoms with E-state index in [9.17, 15) is 14.4 Å². The van der Waals surface area contributed by atoms with E-state index in [0.717, 1.165) is 0 Å². The molecule has 0 aliphatic heterocycles. The maximum Gasteiger partial charge on any atom is 0.344 e. The Kier molecular flexibility index (Phi) is 8.94. The standard InChI is InChI=1S/C24H19Br2N3O5/c1-33-21-12-15(10-11-20(21)34-24(32)17-7-3-5-9-19(17)26)13-28-29-22(30)14-27-23(31)16-6-2-4-8-18(16)25/h2-13H,14H2,1H3,(H,27,31)(H,29,30)/b28-13-. The van der Waals surface area contributed by atoms with Gasteiger partial charge in [-0.1, -0.05) is 24.3 Å². The first-order valence-electron chi connectivity index (χ1n) is 9.88. The number of esters is 1. The van der Waals surface area contributed by atoms with Crippen LogP contribution in [0.5, 0.6) is 11.5 Å². The van der Waals surface area contributed by atoms with Crippen molar-refractivity contribution < 1.29 is 23.9 Å². The van der Waals surface area contributed by atoms with Gasteiger partial charge in [-0.05, 0) is 79.9 Å². The van der Waals surface area contributed by atoms with Crippen molar-refractivity contribution in [2.24, 2.45) is 5.10 Å². The number of hydrazone groups is 1. The van der Waals surface area contributed by atoms with Crippen LogP contribution in [0, 0.1) is 0 Å². The highest BCUT2D eigenvalue weighted by atomic mass is 79.9. The van der Waals surface area contributed by atoms with Crippen molar-refractivity contribution >= 4 is 55.9 Å². The molecule has 174 valence electrons. The summed E-state index contributed by atoms with van der Waals surface area (Å²) in [5.74, 6) is -0.869. The summed E-state index contributed by atoms with van der Waals surface area (Å²) < 4.78 is 12.0. The monoisotopic (exact) mass is 587 g/mol. The lowest BCUT2D eigenvalue weighted by atomic mass is 10.2. The first kappa shape index (κ1) is 25.1. The molecule has 0 atom stereocenters. The quantitative estimate of drug-likeness (QED) is 0.176. The zero-order valence-corrected chi connectivity index (χ0v) is 21.1. The van der Waals surface area contributed by atoms with Crippen molar-refractivity contribution in [1.29, 1.82) is 0 Å². The zero-order valence-electron chi connectivity index (χ0n) is 17.9. The molecule has 10 heteroatoms. The molecule has 0 aliphatic carbocycles. The predicted molar refractivity (Wildman–Crippen MR) is 134 cm³/mol. The van der Waals surface area contributed by atoms with Crippen LogP contribution in [0.3, 0.4) is 0 Å². The number of carbonyl (C=O) groups is 3. The Morgan fingerprint density at radius 3 is 2.21 bits per heavy atom. The maximum atomic E-state index is 12.4. The van der Waals surface area contributed by atoms with E-state index in [4.69, 9.17) is 9.47 Å². The summed E-state index contributed by atoms with van der Waals surface area (Å²) in [6.45, 7) is -0.245. The van der Waals surface area contributed by atoms with Crippen LogP contribution in [0.25, 0.3) is 0 Å². The highest BCUT2D eigenvalue weighted by molar-refractivity contribution is 9.10. The van der Waals surface area contributed by atoms with Crippen molar-refractivity contribution in [2.45, 2.75) is 0 Å². The highest BCUT2D eigenvalue weighted by Crippen LogP contribution is 2.29. The molecular formula is C24H19Br2N3O5. The number of hydrogen-bond donors (Lipinski definition) is 2. The van der Waals surface area contributed by atoms with Gasteiger partial charge in [0.25, 0.3) is 11.8 Å². The second kappa shape index (κ2) is 12.1. The number of amides is 2. The Labute approximate surface area is 212 Å². The second-order valence-electron chi connectivity index (χ2n) is 6.74. The molecule has 2 amide bonds. The molecule has 0 bridgehead atoms. The molecule has 0 heterocycles. The third-order valence-corrected chi connectivity index (χ3v) is 5.80. The lowest BCUT2D eigenvalue weighted by molar-refractivity contribution is -0.120. The SMILES string of the molecule is COc1cc(/C=N\NC(=O)CNC(=O)c2ccccc2Br)ccc1OC(=O)c1ccccc1Br. The maximum absolute atomic E-state index is 12.4. The first-order chi connectivity index (χ1) is 16.4. The Balaban J connectivity index is 1.56. The minimum atomic E-state index is -0.538. The second-order valence-corrected chi connectivity index (χ2v) is 8.44. The van der Waals surface area contributed by atoms with E-state index < -0.39 is 11.9 Å². The van der Waals surface area contributed by atoms with Gasteiger partial charge in [-0.15, -0.1) is 0 Å². The summed E-state index contributed by atoms with van der Waals surface area (Å²) in [6, 6.07) is 18.6. The predicted octanol–water partition coefficient (Wildman–Crippen LogP) is 4.32. The third kappa shape index (κ3) is 6.75. The summed E-state index contributed by atoms with van der Waals surface area (Å²) >= 11 is 6.61. The van der Waals surface area contributed by atoms with Crippen LogP contribution in [0.4, 0.5) is 0 Å². The third-order valence-electron chi connectivity index (χ3n) is 4.41. The van der Waals surface area contributed by atoms with Crippen LogP contribution < -0.4 is 20.2 Å². The minimum absolute atomic E-state index is 0.235. The van der Waals surface area contributed by atoms with E-state index in [0.29, 0.717) is 31.4 Å². The topological polar surface area (TPSA) is 106 Å². The van der Waals surface area contributed by atoms with Gasteiger partial charge in [0.2, 0.25) is 0 Å². The van der Waals surface area contributed by atoms with Crippen LogP contribution in [0.2, 0.25) is 0 Å². The highest BCUT2D eigenvalue weighted by Gasteiger charge is 2.15. The van der Waals surface area contributed by atoms with Gasteiger partial charge in [-0.3, -0.25) is 9.59 Å². The average Bonchev–Trinajstić information content (AvgIpc) is 2.83. The van der Waals surface area contributed by atoms with Gasteiger partial charge in [0.05, 0.1) is 31.0 Å². The summed E-state index contributed by atoms with van der Waals surface area (Å²) in [5.41, 5.74) is 3.73. The summed E-state index contributed by atoms with van der Waals surface area (Å²) in [6.07, 6.45) is 1.40. The van der Waals surface area contributed by atoms with Gasteiger partial charge >= 0.3 is 5.97 Å². The van der Waals surface area contributed by atoms with Crippen LogP contribution >= 0.6 is 31.9 Å². The number of nitrogens with zero attached hydrogens (tertiary/aromatic N) is 1. The number of rotatable bonds is 8. The van der Waals surface area contributed by atoms with E-state index in [2.05, 4.69) is 47.7 Å². The average molecular weight is 589 g/mol. The number of hydrogen-bond acceptors (Lipinski definition) is 6. The van der Waals surface area contributed by atoms with E-state index in [1.54, 1.807) is 66.7 Å². The van der Waals surface area contributed by atoms with E-state index in [1.165, 1.54) is 13.3 Å². The van der Waals surface area contributed by atoms with Crippen LogP contribution in [-0.2, 0) is 4.79 Å². The fourth-order valence-corrected chi connectivity index (χ4v) is 3.66. The van der Waals surface area contributed by atoms with Gasteiger partial charge in [0.15, 0.2) is 11.5 Å². The molecule has 0 unspecified atom stereocenters. The lowest BCUT2D eigenvalue weighted by Crippen LogP contribution is -2.35. The van der Waals surface area contributed by atoms with E-state index >= 15 is 0 Å². The van der Waals surface area contributed by atoms with Crippen LogP contribution in [0.15, 0.2) is 80.8 Å². The molecule has 0 fully saturated rings. The number of methoxy groups -OCH3 is 1. The van der Waals surface area contributed by atoms with Crippen molar-refractivity contribution in [3.8, 4) is 11.5 Å². The lowest BCUT2D eigenvalue weighted by Gasteiger charge is -2.10. The molecule has 8 nitrogen and oxygen atoms in total. The molecular weight excluding hydrogens is 570 g/mol. The van der Waals surface area contributed by atoms with E-state index in [1.807, 2.05) is 0 Å². The summed E-state index contributed by atoms with van der Waals surface area (Å²) in [7, 11) is 1.45. The van der Waals surface area contributed by atoms with Crippen molar-refractivity contribution in [2.75, 3.05) is 13.7 Å². The Bertz CT molecular complexity index is 1250. The molecule has 34 heavy (non-hydrogen) atoms. The number of benzene rings is 3. The minimum Gasteiger partial charge on any atom is -0.493 e. The van der Waals surface area contributed by atoms with E-state index in [-0.39, 0.29) is 18.2 Å². The Morgan fingerprint density at radius 1 is 0.912 bits per heavy atom. The van der Waals surface area contributed by atoms with Gasteiger partial charge in [0.1, 0.15) is 0 Å². The fraction of sp³-hybridized carbons (Fsp3) is 0.0833. The molecule has 3 aromatic rings. The largest absolute Gasteiger partial charge is 0.493 e. The van der Waals surface area contributed by atoms with Crippen LogP contribution in [0.1, 0.15) is 26.3 Å². The molecule has 0 aliphatic rings. The van der Waals surface area contributed by atoms with Crippen LogP contribution in [-0.4, -0.2) is 37.7 Å². The normalized spacial score (nSPS) is 10.6. The van der Waals surface area contributed by atoms with Gasteiger partial charge in [-0.25, -0.2) is 10.2 Å². The Hall–Kier alpha value is -3.50. The van der Waals surface area contributed by atoms with Crippen molar-refractivity contribution in [3.63, 3.8) is 0 Å². The number of ether oxygens (including phenoxy) is 2. The zero-order chi connectivity index (χ0) is 24.5. The summed E-state index contributed by atoms with van der Waals surface area (Å²) in [5, 5.41) is 6.40. The molecule has 3 aromatic carbocycles. The number of carbonyl (C=O) groups excluding carboxylic acids is 3.